The van der Waals surface area contributed by atoms with Crippen molar-refractivity contribution in [2.75, 3.05) is 26.0 Å². The van der Waals surface area contributed by atoms with Gasteiger partial charge < -0.3 is 10.1 Å². The summed E-state index contributed by atoms with van der Waals surface area (Å²) in [6, 6.07) is 11.0. The first-order chi connectivity index (χ1) is 14.1. The molecule has 2 rings (SSSR count). The third-order valence-corrected chi connectivity index (χ3v) is 7.00. The number of carbonyl (C=O) groups is 1. The maximum Gasteiger partial charge on any atom is 0.246 e. The molecule has 0 fully saturated rings. The molecule has 0 aliphatic heterocycles. The second-order valence-electron chi connectivity index (χ2n) is 7.53. The lowest BCUT2D eigenvalue weighted by Crippen LogP contribution is -2.35. The summed E-state index contributed by atoms with van der Waals surface area (Å²) in [5, 5.41) is 2.92. The Bertz CT molecular complexity index is 978. The summed E-state index contributed by atoms with van der Waals surface area (Å²) in [6.07, 6.45) is 1.55. The van der Waals surface area contributed by atoms with Gasteiger partial charge in [-0.1, -0.05) is 52.0 Å². The Balaban J connectivity index is 2.29. The fourth-order valence-electron chi connectivity index (χ4n) is 3.29. The number of nitrogens with one attached hydrogen (secondary N) is 1. The van der Waals surface area contributed by atoms with Gasteiger partial charge in [0.1, 0.15) is 10.6 Å². The molecule has 6 nitrogen and oxygen atoms in total. The molecule has 0 aliphatic carbocycles. The molecule has 0 aliphatic rings. The van der Waals surface area contributed by atoms with Gasteiger partial charge >= 0.3 is 0 Å². The Kier molecular flexibility index (Phi) is 8.03. The lowest BCUT2D eigenvalue weighted by molar-refractivity contribution is -0.116. The van der Waals surface area contributed by atoms with E-state index in [0.717, 1.165) is 39.5 Å². The van der Waals surface area contributed by atoms with Crippen LogP contribution in [0.3, 0.4) is 0 Å². The van der Waals surface area contributed by atoms with Crippen LogP contribution in [0.5, 0.6) is 5.75 Å². The predicted molar refractivity (Wildman–Crippen MR) is 121 cm³/mol. The Hall–Kier alpha value is -2.38. The van der Waals surface area contributed by atoms with Crippen molar-refractivity contribution in [3.63, 3.8) is 0 Å². The molecule has 0 bridgehead atoms. The molecule has 164 valence electrons. The lowest BCUT2D eigenvalue weighted by Gasteiger charge is -2.21. The van der Waals surface area contributed by atoms with Crippen LogP contribution in [0, 0.1) is 0 Å². The molecular weight excluding hydrogens is 400 g/mol. The molecule has 30 heavy (non-hydrogen) atoms. The molecule has 0 unspecified atom stereocenters. The van der Waals surface area contributed by atoms with Crippen LogP contribution < -0.4 is 10.1 Å². The Morgan fingerprint density at radius 2 is 1.70 bits per heavy atom. The number of rotatable bonds is 9. The highest BCUT2D eigenvalue weighted by molar-refractivity contribution is 7.89. The monoisotopic (exact) mass is 432 g/mol. The van der Waals surface area contributed by atoms with Gasteiger partial charge in [0.2, 0.25) is 15.9 Å². The molecule has 0 atom stereocenters. The van der Waals surface area contributed by atoms with Crippen molar-refractivity contribution in [3.05, 3.63) is 53.1 Å². The molecule has 2 aromatic rings. The first-order valence-electron chi connectivity index (χ1n) is 10.2. The number of para-hydroxylation sites is 1. The highest BCUT2D eigenvalue weighted by atomic mass is 32.2. The van der Waals surface area contributed by atoms with E-state index in [1.807, 2.05) is 52.0 Å². The minimum absolute atomic E-state index is 0.0645. The van der Waals surface area contributed by atoms with Crippen molar-refractivity contribution in [3.8, 4) is 5.75 Å². The number of aryl methyl sites for hydroxylation is 2. The quantitative estimate of drug-likeness (QED) is 0.644. The SMILES string of the molecule is CCc1cccc(CC)c1NC(=O)CN(C)S(=O)(=O)c1cc(C(C)C)ccc1OC. The van der Waals surface area contributed by atoms with E-state index in [1.54, 1.807) is 12.1 Å². The molecule has 1 amide bonds. The number of ether oxygens (including phenoxy) is 1. The van der Waals surface area contributed by atoms with Crippen molar-refractivity contribution >= 4 is 21.6 Å². The summed E-state index contributed by atoms with van der Waals surface area (Å²) in [5.41, 5.74) is 3.72. The number of likely N-dealkylation sites (N-methyl/N-ethyl adjacent to an activating group) is 1. The number of nitrogens with zero attached hydrogens (tertiary/aromatic N) is 1. The summed E-state index contributed by atoms with van der Waals surface area (Å²) in [5.74, 6) is 0.0448. The van der Waals surface area contributed by atoms with E-state index in [9.17, 15) is 13.2 Å². The average molecular weight is 433 g/mol. The first-order valence-corrected chi connectivity index (χ1v) is 11.6. The van der Waals surface area contributed by atoms with Crippen LogP contribution in [-0.2, 0) is 27.7 Å². The zero-order chi connectivity index (χ0) is 22.5. The van der Waals surface area contributed by atoms with E-state index in [-0.39, 0.29) is 29.0 Å². The standard InChI is InChI=1S/C23H32N2O4S/c1-7-17-10-9-11-18(8-2)23(17)24-22(26)15-25(5)30(27,28)21-14-19(16(3)4)12-13-20(21)29-6/h9-14,16H,7-8,15H2,1-6H3,(H,24,26). The summed E-state index contributed by atoms with van der Waals surface area (Å²) >= 11 is 0. The summed E-state index contributed by atoms with van der Waals surface area (Å²) in [4.78, 5) is 12.8. The van der Waals surface area contributed by atoms with Crippen molar-refractivity contribution in [2.24, 2.45) is 0 Å². The number of sulfonamides is 1. The summed E-state index contributed by atoms with van der Waals surface area (Å²) in [6.45, 7) is 7.74. The van der Waals surface area contributed by atoms with Gasteiger partial charge in [0.15, 0.2) is 0 Å². The fraction of sp³-hybridized carbons (Fsp3) is 0.435. The Morgan fingerprint density at radius 3 is 2.20 bits per heavy atom. The van der Waals surface area contributed by atoms with Crippen molar-refractivity contribution in [2.45, 2.75) is 51.3 Å². The number of amides is 1. The molecular formula is C23H32N2O4S. The number of anilines is 1. The molecule has 0 saturated carbocycles. The topological polar surface area (TPSA) is 75.7 Å². The molecule has 0 aromatic heterocycles. The number of carbonyl (C=O) groups excluding carboxylic acids is 1. The van der Waals surface area contributed by atoms with Gasteiger partial charge in [0, 0.05) is 12.7 Å². The highest BCUT2D eigenvalue weighted by Gasteiger charge is 2.27. The van der Waals surface area contributed by atoms with Crippen molar-refractivity contribution < 1.29 is 17.9 Å². The predicted octanol–water partition coefficient (Wildman–Crippen LogP) is 4.20. The second kappa shape index (κ2) is 10.1. The maximum absolute atomic E-state index is 13.2. The normalized spacial score (nSPS) is 11.7. The van der Waals surface area contributed by atoms with Gasteiger partial charge in [-0.3, -0.25) is 4.79 Å². The minimum Gasteiger partial charge on any atom is -0.495 e. The molecule has 0 heterocycles. The van der Waals surface area contributed by atoms with Crippen LogP contribution in [0.2, 0.25) is 0 Å². The molecule has 0 saturated heterocycles. The van der Waals surface area contributed by atoms with Crippen LogP contribution in [0.1, 0.15) is 50.3 Å². The third kappa shape index (κ3) is 5.21. The number of benzene rings is 2. The third-order valence-electron chi connectivity index (χ3n) is 5.17. The van der Waals surface area contributed by atoms with Gasteiger partial charge in [-0.05, 0) is 47.6 Å². The molecule has 0 radical (unpaired) electrons. The lowest BCUT2D eigenvalue weighted by atomic mass is 10.0. The van der Waals surface area contributed by atoms with Crippen LogP contribution >= 0.6 is 0 Å². The Morgan fingerprint density at radius 1 is 1.10 bits per heavy atom. The van der Waals surface area contributed by atoms with E-state index >= 15 is 0 Å². The zero-order valence-electron chi connectivity index (χ0n) is 18.7. The smallest absolute Gasteiger partial charge is 0.246 e. The van der Waals surface area contributed by atoms with Gasteiger partial charge in [0.05, 0.1) is 13.7 Å². The van der Waals surface area contributed by atoms with Crippen LogP contribution in [-0.4, -0.2) is 39.3 Å². The van der Waals surface area contributed by atoms with Gasteiger partial charge in [-0.15, -0.1) is 0 Å². The van der Waals surface area contributed by atoms with Crippen LogP contribution in [0.25, 0.3) is 0 Å². The molecule has 2 aromatic carbocycles. The number of hydrogen-bond acceptors (Lipinski definition) is 4. The molecule has 0 spiro atoms. The van der Waals surface area contributed by atoms with E-state index < -0.39 is 10.0 Å². The maximum atomic E-state index is 13.2. The van der Waals surface area contributed by atoms with Gasteiger partial charge in [-0.25, -0.2) is 8.42 Å². The second-order valence-corrected chi connectivity index (χ2v) is 9.55. The zero-order valence-corrected chi connectivity index (χ0v) is 19.5. The largest absolute Gasteiger partial charge is 0.495 e. The first kappa shape index (κ1) is 23.9. The van der Waals surface area contributed by atoms with Crippen molar-refractivity contribution in [1.82, 2.24) is 4.31 Å². The average Bonchev–Trinajstić information content (AvgIpc) is 2.72. The fourth-order valence-corrected chi connectivity index (χ4v) is 4.60. The number of hydrogen-bond donors (Lipinski definition) is 1. The molecule has 7 heteroatoms. The van der Waals surface area contributed by atoms with E-state index in [2.05, 4.69) is 5.32 Å². The number of methoxy groups -OCH3 is 1. The minimum atomic E-state index is -3.91. The summed E-state index contributed by atoms with van der Waals surface area (Å²) < 4.78 is 32.7. The van der Waals surface area contributed by atoms with E-state index in [1.165, 1.54) is 14.2 Å². The van der Waals surface area contributed by atoms with Crippen molar-refractivity contribution in [1.29, 1.82) is 0 Å². The highest BCUT2D eigenvalue weighted by Crippen LogP contribution is 2.30. The van der Waals surface area contributed by atoms with Crippen LogP contribution in [0.4, 0.5) is 5.69 Å². The van der Waals surface area contributed by atoms with Crippen LogP contribution in [0.15, 0.2) is 41.3 Å². The van der Waals surface area contributed by atoms with Gasteiger partial charge in [-0.2, -0.15) is 4.31 Å². The molecule has 1 N–H and O–H groups in total. The van der Waals surface area contributed by atoms with E-state index in [0.29, 0.717) is 0 Å². The van der Waals surface area contributed by atoms with Gasteiger partial charge in [0.25, 0.3) is 0 Å². The van der Waals surface area contributed by atoms with E-state index in [4.69, 9.17) is 4.74 Å². The summed E-state index contributed by atoms with van der Waals surface area (Å²) in [7, 11) is -1.07. The Labute approximate surface area is 180 Å².